The van der Waals surface area contributed by atoms with Gasteiger partial charge in [0.15, 0.2) is 0 Å². The van der Waals surface area contributed by atoms with Crippen LogP contribution < -0.4 is 5.32 Å². The molecule has 1 amide bonds. The van der Waals surface area contributed by atoms with Gasteiger partial charge in [-0.15, -0.1) is 11.8 Å². The summed E-state index contributed by atoms with van der Waals surface area (Å²) in [5, 5.41) is 12.5. The Morgan fingerprint density at radius 3 is 2.95 bits per heavy atom. The van der Waals surface area contributed by atoms with Gasteiger partial charge in [0.1, 0.15) is 5.03 Å². The van der Waals surface area contributed by atoms with Crippen molar-refractivity contribution in [3.05, 3.63) is 53.7 Å². The predicted octanol–water partition coefficient (Wildman–Crippen LogP) is 2.98. The van der Waals surface area contributed by atoms with Crippen molar-refractivity contribution in [3.8, 4) is 0 Å². The highest BCUT2D eigenvalue weighted by Crippen LogP contribution is 2.19. The summed E-state index contributed by atoms with van der Waals surface area (Å²) in [7, 11) is 0. The Labute approximate surface area is 128 Å². The average molecular weight is 302 g/mol. The van der Waals surface area contributed by atoms with Crippen LogP contribution in [0.25, 0.3) is 0 Å². The maximum absolute atomic E-state index is 12.3. The van der Waals surface area contributed by atoms with Crippen molar-refractivity contribution < 1.29 is 9.90 Å². The molecule has 0 fully saturated rings. The first kappa shape index (κ1) is 15.5. The Morgan fingerprint density at radius 2 is 2.19 bits per heavy atom. The van der Waals surface area contributed by atoms with Gasteiger partial charge < -0.3 is 10.4 Å². The fourth-order valence-corrected chi connectivity index (χ4v) is 2.56. The summed E-state index contributed by atoms with van der Waals surface area (Å²) in [4.78, 5) is 16.5. The molecule has 0 aliphatic carbocycles. The van der Waals surface area contributed by atoms with E-state index in [1.54, 1.807) is 18.3 Å². The van der Waals surface area contributed by atoms with Gasteiger partial charge >= 0.3 is 0 Å². The van der Waals surface area contributed by atoms with E-state index in [0.717, 1.165) is 24.1 Å². The molecule has 0 aliphatic rings. The van der Waals surface area contributed by atoms with Crippen LogP contribution in [0.4, 0.5) is 5.69 Å². The van der Waals surface area contributed by atoms with E-state index in [1.165, 1.54) is 11.8 Å². The number of anilines is 1. The van der Waals surface area contributed by atoms with E-state index in [0.29, 0.717) is 10.6 Å². The van der Waals surface area contributed by atoms with Gasteiger partial charge in [0, 0.05) is 18.5 Å². The van der Waals surface area contributed by atoms with Crippen LogP contribution in [0.5, 0.6) is 0 Å². The van der Waals surface area contributed by atoms with E-state index in [9.17, 15) is 4.79 Å². The number of hydrogen-bond donors (Lipinski definition) is 2. The number of nitrogens with zero attached hydrogens (tertiary/aromatic N) is 1. The molecule has 110 valence electrons. The number of carbonyl (C=O) groups excluding carboxylic acids is 1. The quantitative estimate of drug-likeness (QED) is 0.805. The number of carbonyl (C=O) groups is 1. The first-order chi connectivity index (χ1) is 10.2. The number of hydrogen-bond acceptors (Lipinski definition) is 4. The second kappa shape index (κ2) is 7.81. The third kappa shape index (κ3) is 4.31. The molecule has 0 radical (unpaired) electrons. The number of aryl methyl sites for hydroxylation is 1. The van der Waals surface area contributed by atoms with Gasteiger partial charge in [0.2, 0.25) is 0 Å². The largest absolute Gasteiger partial charge is 0.396 e. The summed E-state index contributed by atoms with van der Waals surface area (Å²) >= 11 is 1.45. The van der Waals surface area contributed by atoms with Gasteiger partial charge in [0.25, 0.3) is 5.91 Å². The highest BCUT2D eigenvalue weighted by molar-refractivity contribution is 7.98. The minimum absolute atomic E-state index is 0.160. The van der Waals surface area contributed by atoms with Crippen molar-refractivity contribution in [2.45, 2.75) is 17.9 Å². The van der Waals surface area contributed by atoms with Crippen molar-refractivity contribution >= 4 is 23.4 Å². The lowest BCUT2D eigenvalue weighted by atomic mass is 10.1. The summed E-state index contributed by atoms with van der Waals surface area (Å²) in [6, 6.07) is 11.2. The van der Waals surface area contributed by atoms with Crippen LogP contribution in [0.15, 0.2) is 47.6 Å². The number of nitrogens with one attached hydrogen (secondary N) is 1. The highest BCUT2D eigenvalue weighted by Gasteiger charge is 2.11. The first-order valence-electron chi connectivity index (χ1n) is 6.74. The molecule has 1 aromatic carbocycles. The number of thioether (sulfide) groups is 1. The molecule has 2 rings (SSSR count). The van der Waals surface area contributed by atoms with E-state index in [4.69, 9.17) is 5.11 Å². The predicted molar refractivity (Wildman–Crippen MR) is 85.8 cm³/mol. The smallest absolute Gasteiger partial charge is 0.258 e. The Balaban J connectivity index is 2.12. The van der Waals surface area contributed by atoms with Crippen molar-refractivity contribution in [2.24, 2.45) is 0 Å². The van der Waals surface area contributed by atoms with Gasteiger partial charge in [-0.2, -0.15) is 0 Å². The van der Waals surface area contributed by atoms with Gasteiger partial charge in [-0.25, -0.2) is 4.98 Å². The van der Waals surface area contributed by atoms with E-state index < -0.39 is 0 Å². The number of aliphatic hydroxyl groups excluding tert-OH is 1. The van der Waals surface area contributed by atoms with Gasteiger partial charge in [-0.1, -0.05) is 12.1 Å². The monoisotopic (exact) mass is 302 g/mol. The zero-order valence-corrected chi connectivity index (χ0v) is 12.7. The molecular weight excluding hydrogens is 284 g/mol. The molecule has 0 spiro atoms. The molecule has 0 aliphatic heterocycles. The third-order valence-electron chi connectivity index (χ3n) is 3.02. The van der Waals surface area contributed by atoms with E-state index in [2.05, 4.69) is 10.3 Å². The van der Waals surface area contributed by atoms with Gasteiger partial charge in [0.05, 0.1) is 5.56 Å². The SMILES string of the molecule is CSc1ncccc1C(=O)Nc1cccc(CCCO)c1. The van der Waals surface area contributed by atoms with Crippen LogP contribution in [0.2, 0.25) is 0 Å². The Morgan fingerprint density at radius 1 is 1.33 bits per heavy atom. The lowest BCUT2D eigenvalue weighted by molar-refractivity contribution is 0.102. The molecule has 0 atom stereocenters. The Bertz CT molecular complexity index is 617. The third-order valence-corrected chi connectivity index (χ3v) is 3.73. The summed E-state index contributed by atoms with van der Waals surface area (Å²) in [6.45, 7) is 0.170. The molecule has 0 saturated carbocycles. The number of pyridine rings is 1. The van der Waals surface area contributed by atoms with Crippen LogP contribution in [0.1, 0.15) is 22.3 Å². The van der Waals surface area contributed by atoms with E-state index in [1.807, 2.05) is 30.5 Å². The van der Waals surface area contributed by atoms with Crippen molar-refractivity contribution in [1.29, 1.82) is 0 Å². The fourth-order valence-electron chi connectivity index (χ4n) is 2.01. The Kier molecular flexibility index (Phi) is 5.78. The Hall–Kier alpha value is -1.85. The number of aromatic nitrogens is 1. The average Bonchev–Trinajstić information content (AvgIpc) is 2.53. The molecule has 0 bridgehead atoms. The molecular formula is C16H18N2O2S. The van der Waals surface area contributed by atoms with Gasteiger partial charge in [-0.3, -0.25) is 4.79 Å². The first-order valence-corrected chi connectivity index (χ1v) is 7.97. The van der Waals surface area contributed by atoms with E-state index >= 15 is 0 Å². The topological polar surface area (TPSA) is 62.2 Å². The maximum Gasteiger partial charge on any atom is 0.258 e. The highest BCUT2D eigenvalue weighted by atomic mass is 32.2. The molecule has 2 N–H and O–H groups in total. The molecule has 0 saturated heterocycles. The number of amides is 1. The van der Waals surface area contributed by atoms with Crippen molar-refractivity contribution in [1.82, 2.24) is 4.98 Å². The van der Waals surface area contributed by atoms with Crippen molar-refractivity contribution in [2.75, 3.05) is 18.2 Å². The second-order valence-corrected chi connectivity index (χ2v) is 5.34. The zero-order chi connectivity index (χ0) is 15.1. The molecule has 1 aromatic heterocycles. The van der Waals surface area contributed by atoms with Gasteiger partial charge in [-0.05, 0) is 48.9 Å². The molecule has 1 heterocycles. The maximum atomic E-state index is 12.3. The zero-order valence-electron chi connectivity index (χ0n) is 11.9. The van der Waals surface area contributed by atoms with Crippen LogP contribution in [0, 0.1) is 0 Å². The van der Waals surface area contributed by atoms with Crippen molar-refractivity contribution in [3.63, 3.8) is 0 Å². The molecule has 21 heavy (non-hydrogen) atoms. The molecule has 0 unspecified atom stereocenters. The number of benzene rings is 1. The van der Waals surface area contributed by atoms with E-state index in [-0.39, 0.29) is 12.5 Å². The van der Waals surface area contributed by atoms with Crippen LogP contribution >= 0.6 is 11.8 Å². The minimum atomic E-state index is -0.160. The number of rotatable bonds is 6. The summed E-state index contributed by atoms with van der Waals surface area (Å²) in [5.41, 5.74) is 2.43. The number of aliphatic hydroxyl groups is 1. The molecule has 2 aromatic rings. The standard InChI is InChI=1S/C16H18N2O2S/c1-21-16-14(8-3-9-17-16)15(20)18-13-7-2-5-12(11-13)6-4-10-19/h2-3,5,7-9,11,19H,4,6,10H2,1H3,(H,18,20). The summed E-state index contributed by atoms with van der Waals surface area (Å²) < 4.78 is 0. The fraction of sp³-hybridized carbons (Fsp3) is 0.250. The summed E-state index contributed by atoms with van der Waals surface area (Å²) in [6.07, 6.45) is 5.09. The minimum Gasteiger partial charge on any atom is -0.396 e. The van der Waals surface area contributed by atoms with Crippen LogP contribution in [-0.4, -0.2) is 28.9 Å². The summed E-state index contributed by atoms with van der Waals surface area (Å²) in [5.74, 6) is -0.160. The lowest BCUT2D eigenvalue weighted by Crippen LogP contribution is -2.13. The lowest BCUT2D eigenvalue weighted by Gasteiger charge is -2.09. The normalized spacial score (nSPS) is 10.4. The molecule has 4 nitrogen and oxygen atoms in total. The van der Waals surface area contributed by atoms with Crippen LogP contribution in [-0.2, 0) is 6.42 Å². The second-order valence-electron chi connectivity index (χ2n) is 4.54. The molecule has 5 heteroatoms. The van der Waals surface area contributed by atoms with Crippen LogP contribution in [0.3, 0.4) is 0 Å².